The highest BCUT2D eigenvalue weighted by Gasteiger charge is 2.09. The number of aliphatic imine (C=N–C) groups is 1. The maximum absolute atomic E-state index is 11.0. The van der Waals surface area contributed by atoms with Gasteiger partial charge in [-0.15, -0.1) is 24.0 Å². The molecule has 0 saturated heterocycles. The average Bonchev–Trinajstić information content (AvgIpc) is 2.76. The number of carbonyl (C=O) groups is 1. The zero-order chi connectivity index (χ0) is 16.5. The number of hydrogen-bond acceptors (Lipinski definition) is 3. The summed E-state index contributed by atoms with van der Waals surface area (Å²) in [4.78, 5) is 15.1. The Kier molecular flexibility index (Phi) is 11.5. The lowest BCUT2D eigenvalue weighted by Crippen LogP contribution is -2.37. The summed E-state index contributed by atoms with van der Waals surface area (Å²) in [5.41, 5.74) is 0.962. The van der Waals surface area contributed by atoms with E-state index in [0.717, 1.165) is 25.1 Å². The number of methoxy groups -OCH3 is 1. The molecule has 0 saturated carbocycles. The summed E-state index contributed by atoms with van der Waals surface area (Å²) < 4.78 is 6.41. The molecule has 1 aromatic heterocycles. The number of nitrogens with zero attached hydrogens (tertiary/aromatic N) is 2. The van der Waals surface area contributed by atoms with Gasteiger partial charge in [0, 0.05) is 32.8 Å². The Morgan fingerprint density at radius 3 is 2.57 bits per heavy atom. The monoisotopic (exact) mass is 476 g/mol. The second kappa shape index (κ2) is 11.8. The zero-order valence-corrected chi connectivity index (χ0v) is 17.3. The first-order chi connectivity index (χ1) is 10.5. The predicted octanol–water partition coefficient (Wildman–Crippen LogP) is 2.96. The normalized spacial score (nSPS) is 10.9. The van der Waals surface area contributed by atoms with E-state index >= 15 is 0 Å². The second-order valence-electron chi connectivity index (χ2n) is 4.72. The molecule has 23 heavy (non-hydrogen) atoms. The number of unbranched alkanes of at least 4 members (excludes halogenated alkanes) is 1. The average molecular weight is 477 g/mol. The van der Waals surface area contributed by atoms with Crippen molar-refractivity contribution in [2.24, 2.45) is 12.0 Å². The van der Waals surface area contributed by atoms with Crippen LogP contribution in [0.15, 0.2) is 11.1 Å². The van der Waals surface area contributed by atoms with Gasteiger partial charge < -0.3 is 19.9 Å². The number of aromatic nitrogens is 1. The molecule has 1 heterocycles. The van der Waals surface area contributed by atoms with E-state index < -0.39 is 0 Å². The van der Waals surface area contributed by atoms with Crippen LogP contribution >= 0.6 is 47.2 Å². The minimum atomic E-state index is -0.181. The molecule has 0 aliphatic carbocycles. The molecule has 0 spiro atoms. The van der Waals surface area contributed by atoms with Gasteiger partial charge in [0.15, 0.2) is 5.96 Å². The summed E-state index contributed by atoms with van der Waals surface area (Å²) in [7, 11) is 4.96. The molecular formula is C14H23Cl2IN4O2. The highest BCUT2D eigenvalue weighted by molar-refractivity contribution is 14.0. The summed E-state index contributed by atoms with van der Waals surface area (Å²) in [5, 5.41) is 7.42. The van der Waals surface area contributed by atoms with E-state index in [1.54, 1.807) is 7.05 Å². The Hall–Kier alpha value is -0.670. The van der Waals surface area contributed by atoms with E-state index in [9.17, 15) is 4.79 Å². The van der Waals surface area contributed by atoms with Crippen molar-refractivity contribution < 1.29 is 9.53 Å². The van der Waals surface area contributed by atoms with E-state index in [0.29, 0.717) is 29.1 Å². The number of carbonyl (C=O) groups excluding carboxylic acids is 1. The van der Waals surface area contributed by atoms with Crippen LogP contribution in [0.5, 0.6) is 0 Å². The van der Waals surface area contributed by atoms with Crippen LogP contribution < -0.4 is 10.6 Å². The van der Waals surface area contributed by atoms with Gasteiger partial charge in [0.05, 0.1) is 18.7 Å². The van der Waals surface area contributed by atoms with E-state index in [4.69, 9.17) is 23.2 Å². The molecule has 132 valence electrons. The summed E-state index contributed by atoms with van der Waals surface area (Å²) in [6.07, 6.45) is 2.07. The molecular weight excluding hydrogens is 454 g/mol. The first kappa shape index (κ1) is 22.3. The van der Waals surface area contributed by atoms with Gasteiger partial charge in [0.1, 0.15) is 5.15 Å². The molecule has 1 aromatic rings. The van der Waals surface area contributed by atoms with Crippen molar-refractivity contribution in [2.45, 2.75) is 25.8 Å². The lowest BCUT2D eigenvalue weighted by atomic mass is 10.2. The molecule has 0 aliphatic rings. The van der Waals surface area contributed by atoms with E-state index in [1.165, 1.54) is 7.11 Å². The molecule has 0 aliphatic heterocycles. The van der Waals surface area contributed by atoms with Crippen LogP contribution in [0.1, 0.15) is 25.0 Å². The third-order valence-corrected chi connectivity index (χ3v) is 4.05. The molecule has 0 radical (unpaired) electrons. The van der Waals surface area contributed by atoms with Crippen molar-refractivity contribution in [1.29, 1.82) is 0 Å². The maximum atomic E-state index is 11.0. The van der Waals surface area contributed by atoms with Crippen LogP contribution in [0, 0.1) is 0 Å². The zero-order valence-electron chi connectivity index (χ0n) is 13.5. The number of nitrogens with one attached hydrogen (secondary N) is 2. The standard InChI is InChI=1S/C14H22Cl2N4O2.HI/c1-17-14(18-7-5-4-6-12(21)22-3)19-9-10-8-11(15)13(16)20(10)2;/h8H,4-7,9H2,1-3H3,(H2,17,18,19);1H. The van der Waals surface area contributed by atoms with Crippen LogP contribution in [0.2, 0.25) is 10.2 Å². The Bertz CT molecular complexity index is 535. The molecule has 0 aromatic carbocycles. The van der Waals surface area contributed by atoms with Gasteiger partial charge in [0.2, 0.25) is 0 Å². The van der Waals surface area contributed by atoms with Crippen molar-refractivity contribution in [3.63, 3.8) is 0 Å². The van der Waals surface area contributed by atoms with Crippen molar-refractivity contribution in [2.75, 3.05) is 20.7 Å². The fourth-order valence-corrected chi connectivity index (χ4v) is 2.27. The Balaban J connectivity index is 0.00000484. The first-order valence-electron chi connectivity index (χ1n) is 7.00. The minimum absolute atomic E-state index is 0. The summed E-state index contributed by atoms with van der Waals surface area (Å²) in [6, 6.07) is 1.82. The number of guanidine groups is 1. The highest BCUT2D eigenvalue weighted by atomic mass is 127. The van der Waals surface area contributed by atoms with Gasteiger partial charge in [0.25, 0.3) is 0 Å². The largest absolute Gasteiger partial charge is 0.469 e. The summed E-state index contributed by atoms with van der Waals surface area (Å²) in [5.74, 6) is 0.506. The Labute approximate surface area is 164 Å². The number of ether oxygens (including phenoxy) is 1. The van der Waals surface area contributed by atoms with Crippen LogP contribution in [-0.4, -0.2) is 37.2 Å². The summed E-state index contributed by atoms with van der Waals surface area (Å²) >= 11 is 12.0. The van der Waals surface area contributed by atoms with E-state index in [1.807, 2.05) is 17.7 Å². The molecule has 0 bridgehead atoms. The fourth-order valence-electron chi connectivity index (χ4n) is 1.86. The lowest BCUT2D eigenvalue weighted by Gasteiger charge is -2.12. The third kappa shape index (κ3) is 7.63. The lowest BCUT2D eigenvalue weighted by molar-refractivity contribution is -0.140. The third-order valence-electron chi connectivity index (χ3n) is 3.20. The highest BCUT2D eigenvalue weighted by Crippen LogP contribution is 2.24. The quantitative estimate of drug-likeness (QED) is 0.209. The van der Waals surface area contributed by atoms with Crippen LogP contribution in [-0.2, 0) is 23.1 Å². The first-order valence-corrected chi connectivity index (χ1v) is 7.76. The molecule has 0 unspecified atom stereocenters. The molecule has 0 amide bonds. The fraction of sp³-hybridized carbons (Fsp3) is 0.571. The molecule has 6 nitrogen and oxygen atoms in total. The van der Waals surface area contributed by atoms with Crippen LogP contribution in [0.4, 0.5) is 0 Å². The maximum Gasteiger partial charge on any atom is 0.305 e. The van der Waals surface area contributed by atoms with Gasteiger partial charge in [-0.2, -0.15) is 0 Å². The van der Waals surface area contributed by atoms with Crippen molar-refractivity contribution in [3.05, 3.63) is 21.9 Å². The summed E-state index contributed by atoms with van der Waals surface area (Å²) in [6.45, 7) is 1.29. The predicted molar refractivity (Wildman–Crippen MR) is 105 cm³/mol. The smallest absolute Gasteiger partial charge is 0.305 e. The van der Waals surface area contributed by atoms with Gasteiger partial charge in [-0.05, 0) is 18.9 Å². The second-order valence-corrected chi connectivity index (χ2v) is 5.48. The molecule has 0 atom stereocenters. The molecule has 2 N–H and O–H groups in total. The number of halogens is 3. The topological polar surface area (TPSA) is 67.7 Å². The number of rotatable bonds is 7. The number of esters is 1. The molecule has 1 rings (SSSR count). The van der Waals surface area contributed by atoms with Gasteiger partial charge in [-0.25, -0.2) is 0 Å². The van der Waals surface area contributed by atoms with Crippen molar-refractivity contribution in [3.8, 4) is 0 Å². The molecule has 0 fully saturated rings. The van der Waals surface area contributed by atoms with Gasteiger partial charge >= 0.3 is 5.97 Å². The van der Waals surface area contributed by atoms with Crippen LogP contribution in [0.3, 0.4) is 0 Å². The van der Waals surface area contributed by atoms with Gasteiger partial charge in [-0.3, -0.25) is 9.79 Å². The van der Waals surface area contributed by atoms with E-state index in [2.05, 4.69) is 20.4 Å². The minimum Gasteiger partial charge on any atom is -0.469 e. The van der Waals surface area contributed by atoms with E-state index in [-0.39, 0.29) is 29.9 Å². The SMILES string of the molecule is CN=C(NCCCCC(=O)OC)NCc1cc(Cl)c(Cl)n1C.I. The van der Waals surface area contributed by atoms with Crippen LogP contribution in [0.25, 0.3) is 0 Å². The van der Waals surface area contributed by atoms with Crippen molar-refractivity contribution in [1.82, 2.24) is 15.2 Å². The Morgan fingerprint density at radius 2 is 2.04 bits per heavy atom. The van der Waals surface area contributed by atoms with Crippen molar-refractivity contribution >= 4 is 59.1 Å². The van der Waals surface area contributed by atoms with Gasteiger partial charge in [-0.1, -0.05) is 23.2 Å². The Morgan fingerprint density at radius 1 is 1.35 bits per heavy atom. The number of hydrogen-bond donors (Lipinski definition) is 2. The molecule has 9 heteroatoms.